The predicted molar refractivity (Wildman–Crippen MR) is 78.7 cm³/mol. The lowest BCUT2D eigenvalue weighted by molar-refractivity contribution is -0.384. The number of hydrogen-bond acceptors (Lipinski definition) is 4. The summed E-state index contributed by atoms with van der Waals surface area (Å²) >= 11 is 0. The van der Waals surface area contributed by atoms with Gasteiger partial charge in [0.15, 0.2) is 0 Å². The molecule has 1 aromatic rings. The van der Waals surface area contributed by atoms with E-state index in [0.717, 1.165) is 32.1 Å². The average Bonchev–Trinajstić information content (AvgIpc) is 2.41. The zero-order chi connectivity index (χ0) is 15.1. The summed E-state index contributed by atoms with van der Waals surface area (Å²) < 4.78 is 13.4. The fraction of sp³-hybridized carbons (Fsp3) is 0.571. The van der Waals surface area contributed by atoms with Crippen LogP contribution in [-0.2, 0) is 0 Å². The van der Waals surface area contributed by atoms with Crippen molar-refractivity contribution in [3.8, 4) is 0 Å². The maximum atomic E-state index is 13.4. The molecular formula is C14H22FN3O2. The van der Waals surface area contributed by atoms with Gasteiger partial charge in [-0.25, -0.2) is 4.39 Å². The number of nitrogens with zero attached hydrogens (tertiary/aromatic N) is 2. The Morgan fingerprint density at radius 3 is 2.60 bits per heavy atom. The Morgan fingerprint density at radius 2 is 2.05 bits per heavy atom. The molecule has 0 aliphatic heterocycles. The minimum Gasteiger partial charge on any atom is -0.378 e. The van der Waals surface area contributed by atoms with Crippen LogP contribution in [0.4, 0.5) is 15.8 Å². The van der Waals surface area contributed by atoms with Crippen molar-refractivity contribution in [1.29, 1.82) is 0 Å². The molecule has 5 nitrogen and oxygen atoms in total. The van der Waals surface area contributed by atoms with Crippen LogP contribution in [0.1, 0.15) is 25.8 Å². The summed E-state index contributed by atoms with van der Waals surface area (Å²) in [5.41, 5.74) is 0.562. The molecule has 0 aliphatic rings. The molecule has 0 radical (unpaired) electrons. The molecule has 1 aromatic carbocycles. The van der Waals surface area contributed by atoms with Crippen molar-refractivity contribution in [2.24, 2.45) is 0 Å². The summed E-state index contributed by atoms with van der Waals surface area (Å²) in [6.45, 7) is 9.14. The topological polar surface area (TPSA) is 58.4 Å². The number of aryl methyl sites for hydroxylation is 1. The highest BCUT2D eigenvalue weighted by atomic mass is 19.1. The number of rotatable bonds is 8. The van der Waals surface area contributed by atoms with Crippen LogP contribution in [0.25, 0.3) is 0 Å². The number of nitro groups is 1. The quantitative estimate of drug-likeness (QED) is 0.588. The fourth-order valence-corrected chi connectivity index (χ4v) is 2.06. The highest BCUT2D eigenvalue weighted by Gasteiger charge is 2.16. The van der Waals surface area contributed by atoms with E-state index >= 15 is 0 Å². The largest absolute Gasteiger partial charge is 0.378 e. The first kappa shape index (κ1) is 16.4. The minimum absolute atomic E-state index is 0.216. The third-order valence-electron chi connectivity index (χ3n) is 3.20. The van der Waals surface area contributed by atoms with Gasteiger partial charge in [-0.05, 0) is 38.1 Å². The van der Waals surface area contributed by atoms with Crippen LogP contribution < -0.4 is 5.32 Å². The zero-order valence-corrected chi connectivity index (χ0v) is 12.3. The van der Waals surface area contributed by atoms with E-state index in [2.05, 4.69) is 24.1 Å². The van der Waals surface area contributed by atoms with E-state index in [4.69, 9.17) is 0 Å². The second-order valence-corrected chi connectivity index (χ2v) is 4.74. The third-order valence-corrected chi connectivity index (χ3v) is 3.20. The van der Waals surface area contributed by atoms with Gasteiger partial charge in [-0.15, -0.1) is 0 Å². The van der Waals surface area contributed by atoms with Crippen molar-refractivity contribution in [3.05, 3.63) is 33.6 Å². The fourth-order valence-electron chi connectivity index (χ4n) is 2.06. The SMILES string of the molecule is CCCN(CC)CCNc1cc(C)c(F)cc1[N+](=O)[O-]. The molecule has 112 valence electrons. The van der Waals surface area contributed by atoms with Crippen molar-refractivity contribution in [3.63, 3.8) is 0 Å². The minimum atomic E-state index is -0.561. The van der Waals surface area contributed by atoms with Gasteiger partial charge in [-0.1, -0.05) is 13.8 Å². The van der Waals surface area contributed by atoms with Crippen molar-refractivity contribution >= 4 is 11.4 Å². The van der Waals surface area contributed by atoms with Crippen molar-refractivity contribution in [2.45, 2.75) is 27.2 Å². The first-order valence-electron chi connectivity index (χ1n) is 6.90. The molecule has 0 saturated heterocycles. The maximum absolute atomic E-state index is 13.4. The van der Waals surface area contributed by atoms with Crippen molar-refractivity contribution in [2.75, 3.05) is 31.5 Å². The maximum Gasteiger partial charge on any atom is 0.295 e. The van der Waals surface area contributed by atoms with Crippen LogP contribution in [0.5, 0.6) is 0 Å². The molecule has 0 aromatic heterocycles. The summed E-state index contributed by atoms with van der Waals surface area (Å²) in [6, 6.07) is 2.46. The summed E-state index contributed by atoms with van der Waals surface area (Å²) in [5, 5.41) is 14.0. The first-order valence-corrected chi connectivity index (χ1v) is 6.90. The average molecular weight is 283 g/mol. The Labute approximate surface area is 118 Å². The highest BCUT2D eigenvalue weighted by Crippen LogP contribution is 2.27. The van der Waals surface area contributed by atoms with Gasteiger partial charge < -0.3 is 10.2 Å². The molecule has 0 spiro atoms. The van der Waals surface area contributed by atoms with Crippen LogP contribution in [0.3, 0.4) is 0 Å². The number of anilines is 1. The van der Waals surface area contributed by atoms with Crippen LogP contribution in [0, 0.1) is 22.9 Å². The smallest absolute Gasteiger partial charge is 0.295 e. The summed E-state index contributed by atoms with van der Waals surface area (Å²) in [7, 11) is 0. The van der Waals surface area contributed by atoms with Crippen LogP contribution >= 0.6 is 0 Å². The van der Waals surface area contributed by atoms with Gasteiger partial charge >= 0.3 is 0 Å². The van der Waals surface area contributed by atoms with Gasteiger partial charge in [-0.2, -0.15) is 0 Å². The molecule has 6 heteroatoms. The van der Waals surface area contributed by atoms with E-state index in [-0.39, 0.29) is 5.69 Å². The van der Waals surface area contributed by atoms with E-state index in [1.54, 1.807) is 6.92 Å². The molecule has 0 unspecified atom stereocenters. The lowest BCUT2D eigenvalue weighted by atomic mass is 10.2. The Hall–Kier alpha value is -1.69. The van der Waals surface area contributed by atoms with Gasteiger partial charge in [0.1, 0.15) is 11.5 Å². The Kier molecular flexibility index (Phi) is 6.38. The molecule has 0 fully saturated rings. The molecular weight excluding hydrogens is 261 g/mol. The second-order valence-electron chi connectivity index (χ2n) is 4.74. The van der Waals surface area contributed by atoms with Gasteiger partial charge in [0.2, 0.25) is 0 Å². The molecule has 0 bridgehead atoms. The molecule has 0 amide bonds. The summed E-state index contributed by atoms with van der Waals surface area (Å²) in [4.78, 5) is 12.6. The van der Waals surface area contributed by atoms with E-state index in [1.165, 1.54) is 6.07 Å². The van der Waals surface area contributed by atoms with E-state index in [0.29, 0.717) is 17.8 Å². The monoisotopic (exact) mass is 283 g/mol. The van der Waals surface area contributed by atoms with E-state index < -0.39 is 10.7 Å². The zero-order valence-electron chi connectivity index (χ0n) is 12.3. The highest BCUT2D eigenvalue weighted by molar-refractivity contribution is 5.63. The Bertz CT molecular complexity index is 466. The normalized spacial score (nSPS) is 10.8. The van der Waals surface area contributed by atoms with Gasteiger partial charge in [0.05, 0.1) is 11.0 Å². The van der Waals surface area contributed by atoms with Crippen LogP contribution in [0.2, 0.25) is 0 Å². The number of nitrogens with one attached hydrogen (secondary N) is 1. The second kappa shape index (κ2) is 7.79. The molecule has 0 heterocycles. The summed E-state index contributed by atoms with van der Waals surface area (Å²) in [6.07, 6.45) is 1.07. The van der Waals surface area contributed by atoms with Gasteiger partial charge in [0.25, 0.3) is 5.69 Å². The van der Waals surface area contributed by atoms with E-state index in [1.807, 2.05) is 0 Å². The van der Waals surface area contributed by atoms with Crippen molar-refractivity contribution in [1.82, 2.24) is 4.90 Å². The third kappa shape index (κ3) is 4.45. The standard InChI is InChI=1S/C14H22FN3O2/c1-4-7-17(5-2)8-6-16-13-9-11(3)12(15)10-14(13)18(19)20/h9-10,16H,4-8H2,1-3H3. The van der Waals surface area contributed by atoms with E-state index in [9.17, 15) is 14.5 Å². The Morgan fingerprint density at radius 1 is 1.35 bits per heavy atom. The number of benzene rings is 1. The number of nitro benzene ring substituents is 1. The molecule has 0 saturated carbocycles. The predicted octanol–water partition coefficient (Wildman–Crippen LogP) is 3.19. The van der Waals surface area contributed by atoms with Gasteiger partial charge in [0, 0.05) is 13.1 Å². The van der Waals surface area contributed by atoms with Crippen LogP contribution in [-0.4, -0.2) is 36.0 Å². The molecule has 0 atom stereocenters. The number of halogens is 1. The molecule has 1 N–H and O–H groups in total. The molecule has 1 rings (SSSR count). The lowest BCUT2D eigenvalue weighted by Crippen LogP contribution is -2.29. The summed E-state index contributed by atoms with van der Waals surface area (Å²) in [5.74, 6) is -0.552. The van der Waals surface area contributed by atoms with Crippen molar-refractivity contribution < 1.29 is 9.31 Å². The van der Waals surface area contributed by atoms with Crippen LogP contribution in [0.15, 0.2) is 12.1 Å². The number of likely N-dealkylation sites (N-methyl/N-ethyl adjacent to an activating group) is 1. The first-order chi connectivity index (χ1) is 9.49. The Balaban J connectivity index is 2.72. The molecule has 0 aliphatic carbocycles. The molecule has 20 heavy (non-hydrogen) atoms. The van der Waals surface area contributed by atoms with Gasteiger partial charge in [-0.3, -0.25) is 10.1 Å². The lowest BCUT2D eigenvalue weighted by Gasteiger charge is -2.20. The number of hydrogen-bond donors (Lipinski definition) is 1.